The molecule has 1 heterocycles. The predicted molar refractivity (Wildman–Crippen MR) is 128 cm³/mol. The lowest BCUT2D eigenvalue weighted by Crippen LogP contribution is -2.34. The molecule has 1 fully saturated rings. The number of allylic oxidation sites excluding steroid dienone is 3. The molecule has 2 aromatic rings. The maximum atomic E-state index is 14.4. The van der Waals surface area contributed by atoms with Gasteiger partial charge in [0.05, 0.1) is 18.4 Å². The summed E-state index contributed by atoms with van der Waals surface area (Å²) in [4.78, 5) is 52.7. The molecule has 0 spiro atoms. The molecule has 7 heteroatoms. The highest BCUT2D eigenvalue weighted by atomic mass is 16.6. The first-order chi connectivity index (χ1) is 17.3. The highest BCUT2D eigenvalue weighted by Gasteiger charge is 2.57. The summed E-state index contributed by atoms with van der Waals surface area (Å²) in [6.45, 7) is 5.12. The Morgan fingerprint density at radius 2 is 1.61 bits per heavy atom. The van der Waals surface area contributed by atoms with Crippen molar-refractivity contribution in [1.29, 1.82) is 0 Å². The van der Waals surface area contributed by atoms with Gasteiger partial charge in [0.25, 0.3) is 0 Å². The third-order valence-electron chi connectivity index (χ3n) is 7.07. The van der Waals surface area contributed by atoms with Gasteiger partial charge in [-0.1, -0.05) is 54.1 Å². The Bertz CT molecular complexity index is 1320. The lowest BCUT2D eigenvalue weighted by atomic mass is 9.70. The Balaban J connectivity index is 1.66. The molecule has 5 atom stereocenters. The van der Waals surface area contributed by atoms with Crippen LogP contribution in [0.25, 0.3) is 0 Å². The zero-order valence-corrected chi connectivity index (χ0v) is 20.2. The number of hydrogen-bond donors (Lipinski definition) is 0. The van der Waals surface area contributed by atoms with Crippen molar-refractivity contribution in [3.05, 3.63) is 94.3 Å². The molecule has 0 bridgehead atoms. The van der Waals surface area contributed by atoms with Gasteiger partial charge in [-0.25, -0.2) is 4.79 Å². The molecule has 1 aliphatic heterocycles. The van der Waals surface area contributed by atoms with Crippen molar-refractivity contribution in [2.45, 2.75) is 38.7 Å². The minimum absolute atomic E-state index is 0.178. The summed E-state index contributed by atoms with van der Waals surface area (Å²) in [5, 5.41) is 0. The number of fused-ring (bicyclic) bond motifs is 4. The predicted octanol–water partition coefficient (Wildman–Crippen LogP) is 4.23. The van der Waals surface area contributed by atoms with Crippen molar-refractivity contribution in [3.63, 3.8) is 0 Å². The average Bonchev–Trinajstić information content (AvgIpc) is 3.12. The van der Waals surface area contributed by atoms with Gasteiger partial charge >= 0.3 is 17.9 Å². The molecule has 1 saturated heterocycles. The van der Waals surface area contributed by atoms with Crippen molar-refractivity contribution in [2.24, 2.45) is 11.8 Å². The van der Waals surface area contributed by atoms with Crippen molar-refractivity contribution >= 4 is 23.7 Å². The second kappa shape index (κ2) is 9.22. The van der Waals surface area contributed by atoms with Gasteiger partial charge in [0.2, 0.25) is 0 Å². The molecule has 184 valence electrons. The molecular weight excluding hydrogens is 460 g/mol. The Morgan fingerprint density at radius 3 is 2.28 bits per heavy atom. The van der Waals surface area contributed by atoms with Gasteiger partial charge in [0.15, 0.2) is 5.78 Å². The van der Waals surface area contributed by atoms with Crippen molar-refractivity contribution in [2.75, 3.05) is 6.61 Å². The van der Waals surface area contributed by atoms with Crippen LogP contribution in [0.5, 0.6) is 0 Å². The van der Waals surface area contributed by atoms with Crippen molar-refractivity contribution in [1.82, 2.24) is 0 Å². The molecule has 3 aliphatic rings. The van der Waals surface area contributed by atoms with Gasteiger partial charge in [0.1, 0.15) is 17.8 Å². The maximum Gasteiger partial charge on any atom is 0.334 e. The van der Waals surface area contributed by atoms with Crippen LogP contribution in [0.2, 0.25) is 0 Å². The number of ketones is 1. The van der Waals surface area contributed by atoms with Crippen molar-refractivity contribution in [3.8, 4) is 0 Å². The first-order valence-electron chi connectivity index (χ1n) is 12.0. The molecule has 0 aromatic heterocycles. The Labute approximate surface area is 208 Å². The van der Waals surface area contributed by atoms with E-state index in [2.05, 4.69) is 0 Å². The molecule has 5 rings (SSSR count). The fourth-order valence-electron chi connectivity index (χ4n) is 5.58. The van der Waals surface area contributed by atoms with Crippen LogP contribution >= 0.6 is 0 Å². The standard InChI is InChI=1S/C29H26O7/c1-4-34-28(32)20-13-14-21-24(22(20)17-11-9-15(2)10-12-17)26(31)23-18-7-5-6-8-19(18)27(35-16(3)30)25(23)29(33)36-21/h5-14,22-25,27H,4H2,1-3H3. The van der Waals surface area contributed by atoms with E-state index in [1.165, 1.54) is 13.0 Å². The van der Waals surface area contributed by atoms with E-state index in [9.17, 15) is 19.2 Å². The molecule has 36 heavy (non-hydrogen) atoms. The third kappa shape index (κ3) is 3.85. The van der Waals surface area contributed by atoms with Gasteiger partial charge < -0.3 is 14.2 Å². The molecule has 7 nitrogen and oxygen atoms in total. The molecule has 2 aliphatic carbocycles. The lowest BCUT2D eigenvalue weighted by Gasteiger charge is -2.31. The second-order valence-corrected chi connectivity index (χ2v) is 9.26. The van der Waals surface area contributed by atoms with Gasteiger partial charge in [-0.3, -0.25) is 14.4 Å². The van der Waals surface area contributed by atoms with E-state index in [0.717, 1.165) is 11.1 Å². The van der Waals surface area contributed by atoms with Crippen LogP contribution in [0.1, 0.15) is 54.0 Å². The molecule has 5 unspecified atom stereocenters. The average molecular weight is 487 g/mol. The Hall–Kier alpha value is -4.00. The zero-order valence-electron chi connectivity index (χ0n) is 20.2. The molecule has 0 saturated carbocycles. The number of aryl methyl sites for hydroxylation is 1. The first kappa shape index (κ1) is 23.7. The minimum atomic E-state index is -1.02. The topological polar surface area (TPSA) is 96.0 Å². The number of carbonyl (C=O) groups is 4. The van der Waals surface area contributed by atoms with Crippen LogP contribution in [0.4, 0.5) is 0 Å². The van der Waals surface area contributed by atoms with E-state index < -0.39 is 47.7 Å². The molecule has 0 radical (unpaired) electrons. The van der Waals surface area contributed by atoms with Crippen LogP contribution in [0, 0.1) is 18.8 Å². The van der Waals surface area contributed by atoms with E-state index >= 15 is 0 Å². The summed E-state index contributed by atoms with van der Waals surface area (Å²) in [5.74, 6) is -5.34. The van der Waals surface area contributed by atoms with E-state index in [4.69, 9.17) is 14.2 Å². The summed E-state index contributed by atoms with van der Waals surface area (Å²) in [6, 6.07) is 14.7. The van der Waals surface area contributed by atoms with Crippen LogP contribution in [-0.2, 0) is 33.4 Å². The highest BCUT2D eigenvalue weighted by Crippen LogP contribution is 2.54. The van der Waals surface area contributed by atoms with Gasteiger partial charge in [-0.15, -0.1) is 0 Å². The number of ether oxygens (including phenoxy) is 3. The number of esters is 3. The van der Waals surface area contributed by atoms with Crippen LogP contribution in [0.15, 0.2) is 72.0 Å². The molecule has 0 N–H and O–H groups in total. The summed E-state index contributed by atoms with van der Waals surface area (Å²) < 4.78 is 16.7. The van der Waals surface area contributed by atoms with E-state index in [-0.39, 0.29) is 18.1 Å². The fraction of sp³-hybridized carbons (Fsp3) is 0.310. The largest absolute Gasteiger partial charge is 0.463 e. The first-order valence-corrected chi connectivity index (χ1v) is 12.0. The Morgan fingerprint density at radius 1 is 0.917 bits per heavy atom. The van der Waals surface area contributed by atoms with Crippen molar-refractivity contribution < 1.29 is 33.4 Å². The van der Waals surface area contributed by atoms with Gasteiger partial charge in [0, 0.05) is 18.4 Å². The molecule has 2 aromatic carbocycles. The highest BCUT2D eigenvalue weighted by molar-refractivity contribution is 6.02. The Kier molecular flexibility index (Phi) is 6.08. The zero-order chi connectivity index (χ0) is 25.6. The smallest absolute Gasteiger partial charge is 0.334 e. The number of carbonyl (C=O) groups excluding carboxylic acids is 4. The summed E-state index contributed by atoms with van der Waals surface area (Å²) in [5.41, 5.74) is 3.33. The normalized spacial score (nSPS) is 26.4. The molecular formula is C29H26O7. The minimum Gasteiger partial charge on any atom is -0.463 e. The maximum absolute atomic E-state index is 14.4. The number of rotatable bonds is 4. The number of benzene rings is 2. The summed E-state index contributed by atoms with van der Waals surface area (Å²) >= 11 is 0. The lowest BCUT2D eigenvalue weighted by molar-refractivity contribution is -0.158. The number of hydrogen-bond acceptors (Lipinski definition) is 7. The van der Waals surface area contributed by atoms with E-state index in [1.54, 1.807) is 37.3 Å². The second-order valence-electron chi connectivity index (χ2n) is 9.26. The van der Waals surface area contributed by atoms with E-state index in [0.29, 0.717) is 16.7 Å². The quantitative estimate of drug-likeness (QED) is 0.471. The van der Waals surface area contributed by atoms with Crippen LogP contribution in [-0.4, -0.2) is 30.3 Å². The monoisotopic (exact) mass is 486 g/mol. The SMILES string of the molecule is CCOC(=O)C1=CC=C2OC(=O)C3C(OC(C)=O)c4ccccc4C3C(=O)C2C1c1ccc(C)cc1. The third-order valence-corrected chi connectivity index (χ3v) is 7.07. The summed E-state index contributed by atoms with van der Waals surface area (Å²) in [7, 11) is 0. The fourth-order valence-corrected chi connectivity index (χ4v) is 5.58. The summed E-state index contributed by atoms with van der Waals surface area (Å²) in [6.07, 6.45) is 2.13. The van der Waals surface area contributed by atoms with E-state index in [1.807, 2.05) is 31.2 Å². The van der Waals surface area contributed by atoms with Gasteiger partial charge in [-0.2, -0.15) is 0 Å². The van der Waals surface area contributed by atoms with Crippen LogP contribution in [0.3, 0.4) is 0 Å². The van der Waals surface area contributed by atoms with Crippen LogP contribution < -0.4 is 0 Å². The molecule has 0 amide bonds. The number of Topliss-reactive ketones (excluding diaryl/α,β-unsaturated/α-hetero) is 1. The van der Waals surface area contributed by atoms with Gasteiger partial charge in [-0.05, 0) is 42.7 Å².